The first kappa shape index (κ1) is 15.8. The topological polar surface area (TPSA) is 61.9 Å². The van der Waals surface area contributed by atoms with Crippen LogP contribution in [0.1, 0.15) is 22.7 Å². The molecule has 0 saturated heterocycles. The predicted octanol–water partition coefficient (Wildman–Crippen LogP) is 3.66. The van der Waals surface area contributed by atoms with Gasteiger partial charge in [0.2, 0.25) is 5.91 Å². The molecule has 4 rings (SSSR count). The van der Waals surface area contributed by atoms with Gasteiger partial charge in [0, 0.05) is 47.9 Å². The average Bonchev–Trinajstić information content (AvgIpc) is 3.26. The van der Waals surface area contributed by atoms with Gasteiger partial charge in [-0.25, -0.2) is 9.97 Å². The molecule has 1 aliphatic heterocycles. The van der Waals surface area contributed by atoms with E-state index in [0.717, 1.165) is 34.7 Å². The molecule has 0 radical (unpaired) electrons. The highest BCUT2D eigenvalue weighted by Gasteiger charge is 2.18. The van der Waals surface area contributed by atoms with Crippen molar-refractivity contribution < 1.29 is 4.79 Å². The summed E-state index contributed by atoms with van der Waals surface area (Å²) < 4.78 is 0. The van der Waals surface area contributed by atoms with Gasteiger partial charge in [-0.3, -0.25) is 4.79 Å². The Morgan fingerprint density at radius 3 is 3.12 bits per heavy atom. The maximum absolute atomic E-state index is 12.4. The van der Waals surface area contributed by atoms with Crippen LogP contribution in [0.3, 0.4) is 0 Å². The lowest BCUT2D eigenvalue weighted by atomic mass is 9.99. The van der Waals surface area contributed by atoms with Gasteiger partial charge in [0.25, 0.3) is 0 Å². The van der Waals surface area contributed by atoms with Crippen LogP contribution in [0.5, 0.6) is 0 Å². The van der Waals surface area contributed by atoms with E-state index in [2.05, 4.69) is 27.1 Å². The predicted molar refractivity (Wildman–Crippen MR) is 101 cm³/mol. The van der Waals surface area contributed by atoms with Gasteiger partial charge in [-0.2, -0.15) is 0 Å². The van der Waals surface area contributed by atoms with Crippen molar-refractivity contribution in [1.82, 2.24) is 19.9 Å². The quantitative estimate of drug-likeness (QED) is 0.733. The molecule has 3 aromatic heterocycles. The van der Waals surface area contributed by atoms with Crippen LogP contribution in [0.15, 0.2) is 42.1 Å². The number of carbonyl (C=O) groups excluding carboxylic acids is 1. The number of amides is 1. The Balaban J connectivity index is 1.46. The average molecular weight is 350 g/mol. The minimum absolute atomic E-state index is 0.0292. The summed E-state index contributed by atoms with van der Waals surface area (Å²) in [6.45, 7) is 3.31. The van der Waals surface area contributed by atoms with Crippen molar-refractivity contribution in [2.24, 2.45) is 0 Å². The van der Waals surface area contributed by atoms with E-state index in [1.165, 1.54) is 11.1 Å². The highest BCUT2D eigenvalue weighted by Crippen LogP contribution is 2.28. The number of nitrogens with one attached hydrogen (secondary N) is 1. The lowest BCUT2D eigenvalue weighted by Gasteiger charge is -2.25. The first-order chi connectivity index (χ1) is 12.2. The zero-order valence-corrected chi connectivity index (χ0v) is 14.7. The third-order valence-electron chi connectivity index (χ3n) is 4.35. The second kappa shape index (κ2) is 6.64. The van der Waals surface area contributed by atoms with E-state index in [-0.39, 0.29) is 5.91 Å². The largest absolute Gasteiger partial charge is 0.346 e. The molecule has 0 atom stereocenters. The van der Waals surface area contributed by atoms with Crippen LogP contribution in [0.4, 0.5) is 0 Å². The number of fused-ring (bicyclic) bond motifs is 1. The molecule has 1 N–H and O–H groups in total. The molecule has 6 heteroatoms. The van der Waals surface area contributed by atoms with Crippen molar-refractivity contribution in [1.29, 1.82) is 0 Å². The number of aryl methyl sites for hydroxylation is 1. The van der Waals surface area contributed by atoms with Crippen molar-refractivity contribution in [2.45, 2.75) is 13.3 Å². The van der Waals surface area contributed by atoms with E-state index in [4.69, 9.17) is 0 Å². The summed E-state index contributed by atoms with van der Waals surface area (Å²) >= 11 is 1.59. The van der Waals surface area contributed by atoms with Crippen LogP contribution in [0, 0.1) is 6.92 Å². The number of hydrogen-bond acceptors (Lipinski definition) is 4. The maximum Gasteiger partial charge on any atom is 0.246 e. The number of aromatic nitrogens is 3. The number of hydrogen-bond donors (Lipinski definition) is 1. The molecular formula is C19H18N4OS. The van der Waals surface area contributed by atoms with E-state index >= 15 is 0 Å². The molecule has 3 aromatic rings. The summed E-state index contributed by atoms with van der Waals surface area (Å²) in [7, 11) is 0. The molecule has 0 bridgehead atoms. The van der Waals surface area contributed by atoms with E-state index in [0.29, 0.717) is 6.54 Å². The lowest BCUT2D eigenvalue weighted by molar-refractivity contribution is -0.125. The van der Waals surface area contributed by atoms with E-state index in [9.17, 15) is 4.79 Å². The van der Waals surface area contributed by atoms with E-state index in [1.54, 1.807) is 29.7 Å². The van der Waals surface area contributed by atoms with Crippen molar-refractivity contribution in [3.05, 3.63) is 58.3 Å². The number of nitrogens with zero attached hydrogens (tertiary/aromatic N) is 3. The van der Waals surface area contributed by atoms with Crippen LogP contribution in [-0.2, 0) is 4.79 Å². The Morgan fingerprint density at radius 2 is 2.36 bits per heavy atom. The van der Waals surface area contributed by atoms with Crippen LogP contribution < -0.4 is 0 Å². The number of aromatic amines is 1. The molecule has 126 valence electrons. The molecule has 25 heavy (non-hydrogen) atoms. The van der Waals surface area contributed by atoms with Crippen molar-refractivity contribution in [2.75, 3.05) is 13.1 Å². The monoisotopic (exact) mass is 350 g/mol. The minimum Gasteiger partial charge on any atom is -0.346 e. The Hall–Kier alpha value is -2.73. The Bertz CT molecular complexity index is 982. The third-order valence-corrected chi connectivity index (χ3v) is 5.14. The summed E-state index contributed by atoms with van der Waals surface area (Å²) in [5, 5.41) is 4.09. The van der Waals surface area contributed by atoms with Crippen LogP contribution in [0.25, 0.3) is 22.7 Å². The second-order valence-electron chi connectivity index (χ2n) is 5.99. The molecule has 0 aliphatic carbocycles. The fourth-order valence-corrected chi connectivity index (χ4v) is 3.64. The van der Waals surface area contributed by atoms with E-state index < -0.39 is 0 Å². The lowest BCUT2D eigenvalue weighted by Crippen LogP contribution is -2.33. The number of carbonyl (C=O) groups is 1. The van der Waals surface area contributed by atoms with Crippen molar-refractivity contribution in [3.63, 3.8) is 0 Å². The summed E-state index contributed by atoms with van der Waals surface area (Å²) in [6.07, 6.45) is 10.2. The first-order valence-corrected chi connectivity index (χ1v) is 9.09. The molecular weight excluding hydrogens is 332 g/mol. The molecule has 1 amide bonds. The summed E-state index contributed by atoms with van der Waals surface area (Å²) in [6, 6.07) is 4.02. The standard InChI is InChI=1S/C19H18N4OS/c1-13-22-15(12-25-13)4-5-18(24)23-9-6-14(7-10-23)17-11-21-19-16(17)3-2-8-20-19/h2-6,8,11-12H,7,9-10H2,1H3,(H,20,21)/b5-4-. The Morgan fingerprint density at radius 1 is 1.44 bits per heavy atom. The number of thiazole rings is 1. The summed E-state index contributed by atoms with van der Waals surface area (Å²) in [5.74, 6) is 0.0292. The smallest absolute Gasteiger partial charge is 0.246 e. The van der Waals surface area contributed by atoms with Crippen LogP contribution in [0.2, 0.25) is 0 Å². The Labute approximate surface area is 149 Å². The zero-order chi connectivity index (χ0) is 17.2. The van der Waals surface area contributed by atoms with Crippen LogP contribution >= 0.6 is 11.3 Å². The van der Waals surface area contributed by atoms with Crippen molar-refractivity contribution in [3.8, 4) is 0 Å². The highest BCUT2D eigenvalue weighted by atomic mass is 32.1. The fraction of sp³-hybridized carbons (Fsp3) is 0.211. The zero-order valence-electron chi connectivity index (χ0n) is 13.9. The number of rotatable bonds is 3. The molecule has 0 spiro atoms. The fourth-order valence-electron chi connectivity index (χ4n) is 3.05. The van der Waals surface area contributed by atoms with Gasteiger partial charge in [0.15, 0.2) is 0 Å². The molecule has 0 unspecified atom stereocenters. The van der Waals surface area contributed by atoms with Gasteiger partial charge in [0.1, 0.15) is 5.65 Å². The molecule has 4 heterocycles. The molecule has 0 saturated carbocycles. The third kappa shape index (κ3) is 3.25. The van der Waals surface area contributed by atoms with Gasteiger partial charge in [-0.15, -0.1) is 11.3 Å². The van der Waals surface area contributed by atoms with Gasteiger partial charge < -0.3 is 9.88 Å². The summed E-state index contributed by atoms with van der Waals surface area (Å²) in [5.41, 5.74) is 4.19. The van der Waals surface area contributed by atoms with Gasteiger partial charge in [-0.05, 0) is 37.1 Å². The normalized spacial score (nSPS) is 15.1. The second-order valence-corrected chi connectivity index (χ2v) is 7.05. The maximum atomic E-state index is 12.4. The number of pyridine rings is 1. The van der Waals surface area contributed by atoms with E-state index in [1.807, 2.05) is 29.5 Å². The van der Waals surface area contributed by atoms with Crippen LogP contribution in [-0.4, -0.2) is 38.8 Å². The minimum atomic E-state index is 0.0292. The molecule has 5 nitrogen and oxygen atoms in total. The van der Waals surface area contributed by atoms with Gasteiger partial charge in [-0.1, -0.05) is 6.08 Å². The molecule has 1 aliphatic rings. The molecule has 0 fully saturated rings. The summed E-state index contributed by atoms with van der Waals surface area (Å²) in [4.78, 5) is 26.1. The van der Waals surface area contributed by atoms with Gasteiger partial charge >= 0.3 is 0 Å². The number of H-pyrrole nitrogens is 1. The SMILES string of the molecule is Cc1nc(/C=C\C(=O)N2CC=C(c3c[nH]c4ncccc34)CC2)cs1. The molecule has 0 aromatic carbocycles. The van der Waals surface area contributed by atoms with Gasteiger partial charge in [0.05, 0.1) is 10.7 Å². The Kier molecular flexibility index (Phi) is 4.19. The first-order valence-electron chi connectivity index (χ1n) is 8.21. The van der Waals surface area contributed by atoms with Crippen molar-refractivity contribution >= 4 is 39.9 Å². The highest BCUT2D eigenvalue weighted by molar-refractivity contribution is 7.09.